The maximum Gasteiger partial charge on any atom is 0.329 e. The number of para-hydroxylation sites is 1. The number of aliphatic hydroxyl groups is 2. The van der Waals surface area contributed by atoms with Gasteiger partial charge in [-0.25, -0.2) is 4.79 Å². The largest absolute Gasteiger partial charge is 0.458 e. The third-order valence-corrected chi connectivity index (χ3v) is 13.4. The van der Waals surface area contributed by atoms with Crippen LogP contribution >= 0.6 is 0 Å². The molecule has 0 saturated carbocycles. The smallest absolute Gasteiger partial charge is 0.329 e. The summed E-state index contributed by atoms with van der Waals surface area (Å²) in [7, 11) is 1.37. The van der Waals surface area contributed by atoms with Gasteiger partial charge in [-0.3, -0.25) is 43.2 Å². The number of likely N-dealkylation sites (N-methyl/N-ethyl adjacent to an activating group) is 1. The summed E-state index contributed by atoms with van der Waals surface area (Å²) in [6, 6.07) is 4.85. The number of esters is 1. The van der Waals surface area contributed by atoms with Gasteiger partial charge in [0.05, 0.1) is 12.6 Å². The summed E-state index contributed by atoms with van der Waals surface area (Å²) >= 11 is 0. The first kappa shape index (κ1) is 58.5. The SMILES string of the molecule is CCCCCC(=O)NCC(=O)N[C@H](C(=O)N[C@@H]1C(=O)N[C@@H](CCC(N)=O)C(=O)N[C@H]2CC[C@@H](O)N(C2=O)[C@@H](Cc2ccccc2)C(=O)N(C)[C@@H](Cc2c[nH]c3ccccc23)C(=O)N[C@@H](C(C)C)C(=O)O[C@@H]1C)[C@@H](C)O. The molecule has 23 nitrogen and oxygen atoms in total. The minimum Gasteiger partial charge on any atom is -0.458 e. The van der Waals surface area contributed by atoms with Gasteiger partial charge in [0, 0.05) is 49.8 Å². The third-order valence-electron chi connectivity index (χ3n) is 13.4. The fraction of sp³-hybridized carbons (Fsp3) is 0.538. The topological polar surface area (TPSA) is 341 Å². The molecular weight excluding hydrogens is 973 g/mol. The summed E-state index contributed by atoms with van der Waals surface area (Å²) in [6.07, 6.45) is -2.15. The van der Waals surface area contributed by atoms with Crippen LogP contribution in [0.25, 0.3) is 10.9 Å². The molecule has 2 fully saturated rings. The minimum atomic E-state index is -1.92. The van der Waals surface area contributed by atoms with Gasteiger partial charge in [-0.15, -0.1) is 0 Å². The number of nitrogens with two attached hydrogens (primary N) is 1. The van der Waals surface area contributed by atoms with E-state index in [0.29, 0.717) is 17.5 Å². The molecular formula is C52H72N10O13. The number of hydrogen-bond acceptors (Lipinski definition) is 13. The lowest BCUT2D eigenvalue weighted by molar-refractivity contribution is -0.165. The molecule has 0 aliphatic carbocycles. The van der Waals surface area contributed by atoms with Gasteiger partial charge in [0.15, 0.2) is 0 Å². The van der Waals surface area contributed by atoms with Gasteiger partial charge in [0.1, 0.15) is 54.6 Å². The van der Waals surface area contributed by atoms with E-state index < -0.39 is 145 Å². The number of aromatic nitrogens is 1. The van der Waals surface area contributed by atoms with Crippen LogP contribution in [-0.2, 0) is 65.5 Å². The molecule has 0 unspecified atom stereocenters. The number of aliphatic hydroxyl groups excluding tert-OH is 2. The summed E-state index contributed by atoms with van der Waals surface area (Å²) in [6.45, 7) is 7.01. The van der Waals surface area contributed by atoms with E-state index in [1.54, 1.807) is 56.4 Å². The van der Waals surface area contributed by atoms with Gasteiger partial charge in [-0.1, -0.05) is 82.1 Å². The lowest BCUT2D eigenvalue weighted by Gasteiger charge is -2.43. The number of carbonyl (C=O) groups excluding carboxylic acids is 10. The summed E-state index contributed by atoms with van der Waals surface area (Å²) in [5.41, 5.74) is 7.41. The lowest BCUT2D eigenvalue weighted by Crippen LogP contribution is -2.65. The van der Waals surface area contributed by atoms with Crippen molar-refractivity contribution in [1.82, 2.24) is 46.7 Å². The molecule has 9 amide bonds. The van der Waals surface area contributed by atoms with E-state index in [4.69, 9.17) is 10.5 Å². The monoisotopic (exact) mass is 1040 g/mol. The highest BCUT2D eigenvalue weighted by Gasteiger charge is 2.46. The van der Waals surface area contributed by atoms with E-state index in [-0.39, 0.29) is 32.1 Å². The van der Waals surface area contributed by atoms with Crippen molar-refractivity contribution in [3.05, 3.63) is 71.9 Å². The Labute approximate surface area is 435 Å². The summed E-state index contributed by atoms with van der Waals surface area (Å²) < 4.78 is 5.86. The number of primary amides is 1. The Morgan fingerprint density at radius 3 is 2.19 bits per heavy atom. The molecule has 11 N–H and O–H groups in total. The van der Waals surface area contributed by atoms with Crippen LogP contribution in [0.3, 0.4) is 0 Å². The van der Waals surface area contributed by atoms with Gasteiger partial charge in [0.25, 0.3) is 0 Å². The minimum absolute atomic E-state index is 0.116. The van der Waals surface area contributed by atoms with Crippen molar-refractivity contribution in [1.29, 1.82) is 0 Å². The number of hydrogen-bond donors (Lipinski definition) is 10. The predicted molar refractivity (Wildman–Crippen MR) is 272 cm³/mol. The third kappa shape index (κ3) is 15.8. The zero-order valence-electron chi connectivity index (χ0n) is 43.3. The molecule has 0 spiro atoms. The van der Waals surface area contributed by atoms with Gasteiger partial charge in [0.2, 0.25) is 53.2 Å². The van der Waals surface area contributed by atoms with E-state index in [9.17, 15) is 53.4 Å². The number of ether oxygens (including phenoxy) is 1. The average Bonchev–Trinajstić information content (AvgIpc) is 3.78. The Morgan fingerprint density at radius 2 is 1.52 bits per heavy atom. The Bertz CT molecular complexity index is 2540. The second kappa shape index (κ2) is 27.2. The number of cyclic esters (lactones) is 1. The van der Waals surface area contributed by atoms with Crippen LogP contribution in [0.1, 0.15) is 97.1 Å². The van der Waals surface area contributed by atoms with Gasteiger partial charge >= 0.3 is 5.97 Å². The van der Waals surface area contributed by atoms with Crippen LogP contribution in [0, 0.1) is 5.92 Å². The van der Waals surface area contributed by atoms with E-state index in [1.807, 2.05) is 25.1 Å². The average molecular weight is 1050 g/mol. The number of fused-ring (bicyclic) bond motifs is 3. The van der Waals surface area contributed by atoms with E-state index in [0.717, 1.165) is 33.5 Å². The second-order valence-electron chi connectivity index (χ2n) is 19.5. The molecule has 408 valence electrons. The number of nitrogens with zero attached hydrogens (tertiary/aromatic N) is 2. The van der Waals surface area contributed by atoms with Crippen molar-refractivity contribution in [2.45, 2.75) is 160 Å². The molecule has 0 radical (unpaired) electrons. The highest BCUT2D eigenvalue weighted by Crippen LogP contribution is 2.27. The normalized spacial score (nSPS) is 24.1. The van der Waals surface area contributed by atoms with Crippen molar-refractivity contribution in [2.75, 3.05) is 13.6 Å². The molecule has 1 aromatic heterocycles. The highest BCUT2D eigenvalue weighted by atomic mass is 16.5. The molecule has 2 aromatic carbocycles. The maximum absolute atomic E-state index is 15.2. The molecule has 2 aliphatic heterocycles. The zero-order valence-corrected chi connectivity index (χ0v) is 43.3. The Balaban J connectivity index is 1.58. The number of piperidine rings is 1. The Kier molecular flexibility index (Phi) is 21.2. The van der Waals surface area contributed by atoms with Crippen molar-refractivity contribution in [3.63, 3.8) is 0 Å². The molecule has 10 atom stereocenters. The van der Waals surface area contributed by atoms with Crippen LogP contribution in [-0.4, -0.2) is 158 Å². The molecule has 3 aromatic rings. The number of H-pyrrole nitrogens is 1. The summed E-state index contributed by atoms with van der Waals surface area (Å²) in [5.74, 6) is -9.76. The first-order chi connectivity index (χ1) is 35.6. The fourth-order valence-electron chi connectivity index (χ4n) is 9.08. The standard InChI is InChI=1S/C52H72N10O13/c1-7-8-10-19-40(65)55-27-41(66)58-44(29(4)63)48(70)60-45-30(5)75-52(74)43(28(2)3)59-47(69)37(25-32-26-54-34-18-14-13-17-33(32)34)61(6)51(73)38(24-31-15-11-9-12-16-31)62-42(67)23-21-36(50(62)72)57-46(68)35(56-49(45)71)20-22-39(53)64/h9,11-18,26,28-30,35-38,42-45,54,63,67H,7-8,10,19-25,27H2,1-6H3,(H2,53,64)(H,55,65)(H,56,71)(H,57,68)(H,58,66)(H,59,69)(H,60,70)/t29-,30-,35+,36+,37+,38+,42-,43+,44+,45+/m1/s1. The van der Waals surface area contributed by atoms with Crippen LogP contribution in [0.15, 0.2) is 60.8 Å². The van der Waals surface area contributed by atoms with Crippen molar-refractivity contribution < 1.29 is 62.9 Å². The van der Waals surface area contributed by atoms with Gasteiger partial charge in [-0.2, -0.15) is 0 Å². The summed E-state index contributed by atoms with van der Waals surface area (Å²) in [4.78, 5) is 145. The quantitative estimate of drug-likeness (QED) is 0.0566. The first-order valence-electron chi connectivity index (χ1n) is 25.4. The second-order valence-corrected chi connectivity index (χ2v) is 19.5. The molecule has 2 saturated heterocycles. The first-order valence-corrected chi connectivity index (χ1v) is 25.4. The number of aromatic amines is 1. The van der Waals surface area contributed by atoms with E-state index in [1.165, 1.54) is 20.9 Å². The Hall–Kier alpha value is -7.40. The van der Waals surface area contributed by atoms with Crippen molar-refractivity contribution in [2.24, 2.45) is 11.7 Å². The number of rotatable bonds is 18. The van der Waals surface area contributed by atoms with Crippen LogP contribution in [0.5, 0.6) is 0 Å². The lowest BCUT2D eigenvalue weighted by atomic mass is 9.95. The van der Waals surface area contributed by atoms with Crippen molar-refractivity contribution >= 4 is 70.0 Å². The van der Waals surface area contributed by atoms with Crippen LogP contribution in [0.2, 0.25) is 0 Å². The van der Waals surface area contributed by atoms with E-state index >= 15 is 4.79 Å². The van der Waals surface area contributed by atoms with E-state index in [2.05, 4.69) is 36.9 Å². The number of carbonyl (C=O) groups is 10. The van der Waals surface area contributed by atoms with Gasteiger partial charge < -0.3 is 67.4 Å². The predicted octanol–water partition coefficient (Wildman–Crippen LogP) is -0.542. The Morgan fingerprint density at radius 1 is 0.827 bits per heavy atom. The number of amides is 9. The van der Waals surface area contributed by atoms with Crippen molar-refractivity contribution in [3.8, 4) is 0 Å². The van der Waals surface area contributed by atoms with Crippen LogP contribution in [0.4, 0.5) is 0 Å². The number of benzene rings is 2. The fourth-order valence-corrected chi connectivity index (χ4v) is 9.08. The zero-order chi connectivity index (χ0) is 55.1. The number of unbranched alkanes of at least 4 members (excludes halogenated alkanes) is 2. The molecule has 75 heavy (non-hydrogen) atoms. The molecule has 23 heteroatoms. The number of nitrogens with one attached hydrogen (secondary N) is 7. The summed E-state index contributed by atoms with van der Waals surface area (Å²) in [5, 5.41) is 38.1. The molecule has 2 bridgehead atoms. The maximum atomic E-state index is 15.2. The molecule has 2 aliphatic rings. The van der Waals surface area contributed by atoms with Gasteiger partial charge in [-0.05, 0) is 62.6 Å². The molecule has 5 rings (SSSR count). The molecule has 3 heterocycles. The highest BCUT2D eigenvalue weighted by molar-refractivity contribution is 5.99. The van der Waals surface area contributed by atoms with Crippen LogP contribution < -0.4 is 37.6 Å².